The lowest BCUT2D eigenvalue weighted by Gasteiger charge is -2.57. The minimum atomic E-state index is 0. The van der Waals surface area contributed by atoms with Crippen LogP contribution in [0.2, 0.25) is 0 Å². The number of hydrogen-bond donors (Lipinski definition) is 2. The van der Waals surface area contributed by atoms with Crippen LogP contribution >= 0.6 is 35.3 Å². The number of ether oxygens (including phenoxy) is 1. The van der Waals surface area contributed by atoms with Crippen LogP contribution in [0.3, 0.4) is 0 Å². The Morgan fingerprint density at radius 2 is 2.12 bits per heavy atom. The van der Waals surface area contributed by atoms with E-state index < -0.39 is 0 Å². The molecule has 146 valence electrons. The molecule has 3 atom stereocenters. The Hall–Kier alpha value is -0.410. The van der Waals surface area contributed by atoms with Crippen LogP contribution in [-0.2, 0) is 11.3 Å². The fraction of sp³-hybridized carbons (Fsp3) is 0.789. The summed E-state index contributed by atoms with van der Waals surface area (Å²) in [7, 11) is 0. The molecule has 3 unspecified atom stereocenters. The first-order chi connectivity index (χ1) is 12.1. The molecule has 26 heavy (non-hydrogen) atoms. The Morgan fingerprint density at radius 1 is 1.35 bits per heavy atom. The molecule has 0 bridgehead atoms. The Bertz CT molecular complexity index is 636. The summed E-state index contributed by atoms with van der Waals surface area (Å²) in [6.45, 7) is 8.79. The molecule has 2 N–H and O–H groups in total. The van der Waals surface area contributed by atoms with Crippen molar-refractivity contribution >= 4 is 41.3 Å². The number of aryl methyl sites for hydroxylation is 2. The van der Waals surface area contributed by atoms with Gasteiger partial charge < -0.3 is 15.4 Å². The van der Waals surface area contributed by atoms with Gasteiger partial charge in [-0.2, -0.15) is 0 Å². The summed E-state index contributed by atoms with van der Waals surface area (Å²) in [6, 6.07) is 0.514. The molecule has 7 heteroatoms. The average molecular weight is 490 g/mol. The van der Waals surface area contributed by atoms with Crippen LogP contribution in [0.5, 0.6) is 0 Å². The number of guanidine groups is 1. The zero-order valence-electron chi connectivity index (χ0n) is 16.0. The maximum Gasteiger partial charge on any atom is 0.191 e. The van der Waals surface area contributed by atoms with Gasteiger partial charge in [-0.25, -0.2) is 9.98 Å². The van der Waals surface area contributed by atoms with E-state index in [1.807, 2.05) is 0 Å². The second kappa shape index (κ2) is 8.31. The Labute approximate surface area is 177 Å². The van der Waals surface area contributed by atoms with E-state index in [1.165, 1.54) is 37.0 Å². The second-order valence-corrected chi connectivity index (χ2v) is 9.04. The topological polar surface area (TPSA) is 58.5 Å². The van der Waals surface area contributed by atoms with Gasteiger partial charge in [0.15, 0.2) is 5.96 Å². The summed E-state index contributed by atoms with van der Waals surface area (Å²) in [5, 5.41) is 8.32. The SMILES string of the molecule is CCNC(=NCc1nc(C)c(C)s1)NC1C2CCOC2C12CCCC2.I. The smallest absolute Gasteiger partial charge is 0.191 e. The minimum Gasteiger partial charge on any atom is -0.377 e. The molecular formula is C19H31IN4OS. The van der Waals surface area contributed by atoms with Crippen molar-refractivity contribution in [3.8, 4) is 0 Å². The Kier molecular flexibility index (Phi) is 6.49. The molecule has 3 aliphatic rings. The standard InChI is InChI=1S/C19H30N4OS.HI/c1-4-20-18(21-11-15-22-12(2)13(3)25-15)23-16-14-7-10-24-17(14)19(16)8-5-6-9-19;/h14,16-17H,4-11H2,1-3H3,(H2,20,21,23);1H. The highest BCUT2D eigenvalue weighted by Crippen LogP contribution is 2.60. The van der Waals surface area contributed by atoms with Crippen LogP contribution < -0.4 is 10.6 Å². The van der Waals surface area contributed by atoms with E-state index in [0.717, 1.165) is 29.8 Å². The molecule has 2 aliphatic carbocycles. The molecule has 2 saturated carbocycles. The van der Waals surface area contributed by atoms with Gasteiger partial charge in [-0.1, -0.05) is 12.8 Å². The molecular weight excluding hydrogens is 459 g/mol. The van der Waals surface area contributed by atoms with E-state index in [4.69, 9.17) is 9.73 Å². The van der Waals surface area contributed by atoms with E-state index in [1.54, 1.807) is 11.3 Å². The first-order valence-electron chi connectivity index (χ1n) is 9.73. The first kappa shape index (κ1) is 20.3. The van der Waals surface area contributed by atoms with Crippen molar-refractivity contribution in [3.05, 3.63) is 15.6 Å². The van der Waals surface area contributed by atoms with Crippen molar-refractivity contribution in [1.29, 1.82) is 0 Å². The number of nitrogens with one attached hydrogen (secondary N) is 2. The lowest BCUT2D eigenvalue weighted by molar-refractivity contribution is -0.125. The number of aromatic nitrogens is 1. The van der Waals surface area contributed by atoms with Crippen LogP contribution in [0, 0.1) is 25.2 Å². The molecule has 1 aromatic heterocycles. The van der Waals surface area contributed by atoms with Crippen molar-refractivity contribution < 1.29 is 4.74 Å². The zero-order valence-corrected chi connectivity index (χ0v) is 19.2. The predicted octanol–water partition coefficient (Wildman–Crippen LogP) is 3.78. The summed E-state index contributed by atoms with van der Waals surface area (Å²) < 4.78 is 6.10. The van der Waals surface area contributed by atoms with Gasteiger partial charge in [-0.15, -0.1) is 35.3 Å². The van der Waals surface area contributed by atoms with E-state index in [2.05, 4.69) is 36.4 Å². The molecule has 5 nitrogen and oxygen atoms in total. The van der Waals surface area contributed by atoms with Gasteiger partial charge in [-0.3, -0.25) is 0 Å². The fourth-order valence-electron chi connectivity index (χ4n) is 5.12. The van der Waals surface area contributed by atoms with Crippen molar-refractivity contribution in [2.24, 2.45) is 16.3 Å². The highest BCUT2D eigenvalue weighted by molar-refractivity contribution is 14.0. The van der Waals surface area contributed by atoms with Gasteiger partial charge in [0.2, 0.25) is 0 Å². The third-order valence-corrected chi connectivity index (χ3v) is 7.43. The number of nitrogens with zero attached hydrogens (tertiary/aromatic N) is 2. The third kappa shape index (κ3) is 3.51. The lowest BCUT2D eigenvalue weighted by atomic mass is 9.54. The molecule has 1 aliphatic heterocycles. The number of hydrogen-bond acceptors (Lipinski definition) is 4. The maximum atomic E-state index is 6.10. The van der Waals surface area contributed by atoms with E-state index in [0.29, 0.717) is 30.0 Å². The number of rotatable bonds is 4. The molecule has 0 amide bonds. The molecule has 1 aromatic rings. The highest BCUT2D eigenvalue weighted by atomic mass is 127. The summed E-state index contributed by atoms with van der Waals surface area (Å²) in [5.74, 6) is 1.60. The maximum absolute atomic E-state index is 6.10. The van der Waals surface area contributed by atoms with Gasteiger partial charge in [0.25, 0.3) is 0 Å². The van der Waals surface area contributed by atoms with E-state index >= 15 is 0 Å². The van der Waals surface area contributed by atoms with Gasteiger partial charge in [0, 0.05) is 35.4 Å². The molecule has 4 rings (SSSR count). The average Bonchev–Trinajstić information content (AvgIpc) is 3.30. The fourth-order valence-corrected chi connectivity index (χ4v) is 5.98. The number of thiazole rings is 1. The van der Waals surface area contributed by atoms with Gasteiger partial charge in [-0.05, 0) is 40.0 Å². The first-order valence-corrected chi connectivity index (χ1v) is 10.5. The third-order valence-electron chi connectivity index (χ3n) is 6.37. The molecule has 0 radical (unpaired) electrons. The van der Waals surface area contributed by atoms with Crippen molar-refractivity contribution in [1.82, 2.24) is 15.6 Å². The Morgan fingerprint density at radius 3 is 2.77 bits per heavy atom. The molecule has 3 fully saturated rings. The predicted molar refractivity (Wildman–Crippen MR) is 117 cm³/mol. The monoisotopic (exact) mass is 490 g/mol. The summed E-state index contributed by atoms with van der Waals surface area (Å²) in [5.41, 5.74) is 1.48. The minimum absolute atomic E-state index is 0. The number of halogens is 1. The summed E-state index contributed by atoms with van der Waals surface area (Å²) >= 11 is 1.75. The van der Waals surface area contributed by atoms with Crippen LogP contribution in [0.4, 0.5) is 0 Å². The van der Waals surface area contributed by atoms with E-state index in [-0.39, 0.29) is 24.0 Å². The van der Waals surface area contributed by atoms with Gasteiger partial charge in [0.1, 0.15) is 5.01 Å². The molecule has 1 spiro atoms. The highest BCUT2D eigenvalue weighted by Gasteiger charge is 2.65. The normalized spacial score (nSPS) is 29.2. The van der Waals surface area contributed by atoms with Crippen molar-refractivity contribution in [2.45, 2.75) is 71.6 Å². The second-order valence-electron chi connectivity index (χ2n) is 7.75. The van der Waals surface area contributed by atoms with Crippen LogP contribution in [0.1, 0.15) is 54.6 Å². The van der Waals surface area contributed by atoms with Crippen LogP contribution in [-0.4, -0.2) is 36.2 Å². The quantitative estimate of drug-likeness (QED) is 0.383. The molecule has 1 saturated heterocycles. The van der Waals surface area contributed by atoms with Gasteiger partial charge in [0.05, 0.1) is 18.3 Å². The van der Waals surface area contributed by atoms with Crippen LogP contribution in [0.25, 0.3) is 0 Å². The number of fused-ring (bicyclic) bond motifs is 2. The van der Waals surface area contributed by atoms with Crippen molar-refractivity contribution in [2.75, 3.05) is 13.2 Å². The van der Waals surface area contributed by atoms with Crippen LogP contribution in [0.15, 0.2) is 4.99 Å². The number of aliphatic imine (C=N–C) groups is 1. The largest absolute Gasteiger partial charge is 0.377 e. The zero-order chi connectivity index (χ0) is 17.4. The van der Waals surface area contributed by atoms with E-state index in [9.17, 15) is 0 Å². The summed E-state index contributed by atoms with van der Waals surface area (Å²) in [6.07, 6.45) is 6.96. The van der Waals surface area contributed by atoms with Crippen molar-refractivity contribution in [3.63, 3.8) is 0 Å². The lowest BCUT2D eigenvalue weighted by Crippen LogP contribution is -2.69. The van der Waals surface area contributed by atoms with Gasteiger partial charge >= 0.3 is 0 Å². The molecule has 0 aromatic carbocycles. The summed E-state index contributed by atoms with van der Waals surface area (Å²) in [4.78, 5) is 10.7. The Balaban J connectivity index is 0.00000196. The molecule has 2 heterocycles.